The van der Waals surface area contributed by atoms with Gasteiger partial charge in [-0.3, -0.25) is 4.79 Å². The Morgan fingerprint density at radius 3 is 2.19 bits per heavy atom. The lowest BCUT2D eigenvalue weighted by Crippen LogP contribution is -2.20. The minimum atomic E-state index is -0.797. The van der Waals surface area contributed by atoms with Crippen molar-refractivity contribution in [3.05, 3.63) is 95.6 Å². The second-order valence-electron chi connectivity index (χ2n) is 6.75. The van der Waals surface area contributed by atoms with Crippen LogP contribution >= 0.6 is 0 Å². The number of fused-ring (bicyclic) bond motifs is 1. The van der Waals surface area contributed by atoms with Crippen LogP contribution in [0.5, 0.6) is 5.75 Å². The van der Waals surface area contributed by atoms with E-state index in [1.54, 1.807) is 0 Å². The number of para-hydroxylation sites is 1. The summed E-state index contributed by atoms with van der Waals surface area (Å²) in [6, 6.07) is 26.1. The fourth-order valence-corrected chi connectivity index (χ4v) is 3.57. The quantitative estimate of drug-likeness (QED) is 0.672. The topological polar surface area (TPSA) is 58.6 Å². The molecule has 1 aliphatic heterocycles. The zero-order chi connectivity index (χ0) is 18.6. The van der Waals surface area contributed by atoms with Crippen molar-refractivity contribution < 1.29 is 14.6 Å². The Bertz CT molecular complexity index is 885. The summed E-state index contributed by atoms with van der Waals surface area (Å²) in [5.41, 5.74) is 4.14. The molecule has 4 rings (SSSR count). The summed E-state index contributed by atoms with van der Waals surface area (Å²) in [7, 11) is 0. The molecule has 4 nitrogen and oxygen atoms in total. The van der Waals surface area contributed by atoms with Crippen molar-refractivity contribution >= 4 is 11.7 Å². The number of benzene rings is 3. The SMILES string of the molecule is O=C(O)CC1Cc2cccc(OC(c3ccccc3)c3ccccc3)c2N1. The van der Waals surface area contributed by atoms with Crippen LogP contribution in [0.15, 0.2) is 78.9 Å². The fourth-order valence-electron chi connectivity index (χ4n) is 3.57. The lowest BCUT2D eigenvalue weighted by molar-refractivity contribution is -0.137. The Hall–Kier alpha value is -3.27. The lowest BCUT2D eigenvalue weighted by Gasteiger charge is -2.22. The van der Waals surface area contributed by atoms with E-state index in [0.29, 0.717) is 6.42 Å². The molecule has 3 aromatic carbocycles. The number of carbonyl (C=O) groups is 1. The van der Waals surface area contributed by atoms with Crippen molar-refractivity contribution in [2.45, 2.75) is 25.0 Å². The third-order valence-electron chi connectivity index (χ3n) is 4.80. The van der Waals surface area contributed by atoms with Crippen molar-refractivity contribution in [1.29, 1.82) is 0 Å². The minimum absolute atomic E-state index is 0.0922. The highest BCUT2D eigenvalue weighted by Gasteiger charge is 2.27. The minimum Gasteiger partial charge on any atom is -0.481 e. The molecule has 1 aliphatic rings. The van der Waals surface area contributed by atoms with Gasteiger partial charge in [-0.25, -0.2) is 0 Å². The second kappa shape index (κ2) is 7.54. The smallest absolute Gasteiger partial charge is 0.305 e. The summed E-state index contributed by atoms with van der Waals surface area (Å²) in [4.78, 5) is 11.1. The normalized spacial score (nSPS) is 15.2. The average molecular weight is 359 g/mol. The van der Waals surface area contributed by atoms with Crippen LogP contribution in [0.2, 0.25) is 0 Å². The van der Waals surface area contributed by atoms with Crippen LogP contribution in [0.3, 0.4) is 0 Å². The third kappa shape index (κ3) is 3.80. The molecule has 1 heterocycles. The van der Waals surface area contributed by atoms with Crippen LogP contribution in [0, 0.1) is 0 Å². The average Bonchev–Trinajstić information content (AvgIpc) is 3.10. The van der Waals surface area contributed by atoms with E-state index in [1.165, 1.54) is 0 Å². The van der Waals surface area contributed by atoms with Crippen molar-refractivity contribution in [1.82, 2.24) is 0 Å². The number of carboxylic acid groups (broad SMARTS) is 1. The van der Waals surface area contributed by atoms with Gasteiger partial charge in [-0.15, -0.1) is 0 Å². The molecule has 0 spiro atoms. The maximum Gasteiger partial charge on any atom is 0.305 e. The van der Waals surface area contributed by atoms with Gasteiger partial charge in [0.1, 0.15) is 11.9 Å². The maximum absolute atomic E-state index is 11.1. The van der Waals surface area contributed by atoms with Gasteiger partial charge in [0.2, 0.25) is 0 Å². The summed E-state index contributed by atoms with van der Waals surface area (Å²) < 4.78 is 6.47. The Labute approximate surface area is 158 Å². The summed E-state index contributed by atoms with van der Waals surface area (Å²) >= 11 is 0. The molecular weight excluding hydrogens is 338 g/mol. The van der Waals surface area contributed by atoms with Gasteiger partial charge in [0.05, 0.1) is 12.1 Å². The largest absolute Gasteiger partial charge is 0.481 e. The van der Waals surface area contributed by atoms with Gasteiger partial charge in [-0.2, -0.15) is 0 Å². The number of ether oxygens (including phenoxy) is 1. The lowest BCUT2D eigenvalue weighted by atomic mass is 10.0. The van der Waals surface area contributed by atoms with Crippen LogP contribution in [0.1, 0.15) is 29.2 Å². The van der Waals surface area contributed by atoms with Crippen LogP contribution < -0.4 is 10.1 Å². The Kier molecular flexibility index (Phi) is 4.79. The van der Waals surface area contributed by atoms with Crippen molar-refractivity contribution in [3.63, 3.8) is 0 Å². The monoisotopic (exact) mass is 359 g/mol. The van der Waals surface area contributed by atoms with Gasteiger partial charge in [0, 0.05) is 6.04 Å². The molecule has 0 amide bonds. The fraction of sp³-hybridized carbons (Fsp3) is 0.174. The molecular formula is C23H21NO3. The molecule has 0 saturated carbocycles. The van der Waals surface area contributed by atoms with E-state index < -0.39 is 5.97 Å². The van der Waals surface area contributed by atoms with E-state index in [-0.39, 0.29) is 18.6 Å². The third-order valence-corrected chi connectivity index (χ3v) is 4.80. The predicted octanol–water partition coefficient (Wildman–Crippen LogP) is 4.67. The molecule has 3 aromatic rings. The molecule has 136 valence electrons. The van der Waals surface area contributed by atoms with Gasteiger partial charge >= 0.3 is 5.97 Å². The summed E-state index contributed by atoms with van der Waals surface area (Å²) in [6.45, 7) is 0. The Morgan fingerprint density at radius 2 is 1.59 bits per heavy atom. The molecule has 0 saturated heterocycles. The highest BCUT2D eigenvalue weighted by atomic mass is 16.5. The van der Waals surface area contributed by atoms with Gasteiger partial charge in [0.25, 0.3) is 0 Å². The molecule has 0 radical (unpaired) electrons. The molecule has 27 heavy (non-hydrogen) atoms. The molecule has 0 fully saturated rings. The van der Waals surface area contributed by atoms with E-state index >= 15 is 0 Å². The molecule has 0 aliphatic carbocycles. The molecule has 1 atom stereocenters. The summed E-state index contributed by atoms with van der Waals surface area (Å²) in [6.07, 6.45) is 0.550. The number of hydrogen-bond acceptors (Lipinski definition) is 3. The van der Waals surface area contributed by atoms with E-state index in [9.17, 15) is 4.79 Å². The maximum atomic E-state index is 11.1. The molecule has 0 aromatic heterocycles. The van der Waals surface area contributed by atoms with Gasteiger partial charge in [0.15, 0.2) is 0 Å². The van der Waals surface area contributed by atoms with E-state index in [4.69, 9.17) is 9.84 Å². The summed E-state index contributed by atoms with van der Waals surface area (Å²) in [5.74, 6) is -0.0488. The first-order valence-electron chi connectivity index (χ1n) is 9.07. The summed E-state index contributed by atoms with van der Waals surface area (Å²) in [5, 5.41) is 12.4. The highest BCUT2D eigenvalue weighted by molar-refractivity contribution is 5.72. The van der Waals surface area contributed by atoms with E-state index in [0.717, 1.165) is 28.1 Å². The van der Waals surface area contributed by atoms with Crippen molar-refractivity contribution in [2.24, 2.45) is 0 Å². The molecule has 2 N–H and O–H groups in total. The number of carboxylic acids is 1. The number of hydrogen-bond donors (Lipinski definition) is 2. The number of anilines is 1. The molecule has 1 unspecified atom stereocenters. The zero-order valence-corrected chi connectivity index (χ0v) is 14.8. The molecule has 4 heteroatoms. The first kappa shape index (κ1) is 17.2. The van der Waals surface area contributed by atoms with Crippen molar-refractivity contribution in [2.75, 3.05) is 5.32 Å². The number of nitrogens with one attached hydrogen (secondary N) is 1. The highest BCUT2D eigenvalue weighted by Crippen LogP contribution is 2.39. The number of rotatable bonds is 6. The van der Waals surface area contributed by atoms with Crippen LogP contribution in [-0.4, -0.2) is 17.1 Å². The first-order valence-corrected chi connectivity index (χ1v) is 9.07. The molecule has 0 bridgehead atoms. The predicted molar refractivity (Wildman–Crippen MR) is 105 cm³/mol. The van der Waals surface area contributed by atoms with Crippen LogP contribution in [0.4, 0.5) is 5.69 Å². The number of aliphatic carboxylic acids is 1. The van der Waals surface area contributed by atoms with Gasteiger partial charge in [-0.1, -0.05) is 72.8 Å². The van der Waals surface area contributed by atoms with E-state index in [2.05, 4.69) is 29.6 Å². The van der Waals surface area contributed by atoms with E-state index in [1.807, 2.05) is 54.6 Å². The Balaban J connectivity index is 1.66. The zero-order valence-electron chi connectivity index (χ0n) is 14.8. The van der Waals surface area contributed by atoms with Crippen molar-refractivity contribution in [3.8, 4) is 5.75 Å². The first-order chi connectivity index (χ1) is 13.2. The van der Waals surface area contributed by atoms with Crippen LogP contribution in [-0.2, 0) is 11.2 Å². The second-order valence-corrected chi connectivity index (χ2v) is 6.75. The van der Waals surface area contributed by atoms with Gasteiger partial charge < -0.3 is 15.2 Å². The van der Waals surface area contributed by atoms with Crippen LogP contribution in [0.25, 0.3) is 0 Å². The van der Waals surface area contributed by atoms with Gasteiger partial charge in [-0.05, 0) is 29.2 Å². The Morgan fingerprint density at radius 1 is 0.963 bits per heavy atom. The standard InChI is InChI=1S/C23H21NO3/c25-21(26)15-19-14-18-12-7-13-20(22(18)24-19)27-23(16-8-3-1-4-9-16)17-10-5-2-6-11-17/h1-13,19,23-24H,14-15H2,(H,25,26).